The molecule has 1 aromatic carbocycles. The molecule has 0 heterocycles. The second kappa shape index (κ2) is 4.90. The second-order valence-electron chi connectivity index (χ2n) is 5.51. The fourth-order valence-corrected chi connectivity index (χ4v) is 3.11. The molecule has 1 aromatic rings. The van der Waals surface area contributed by atoms with Crippen molar-refractivity contribution in [3.05, 3.63) is 29.3 Å². The molecule has 1 fully saturated rings. The average molecular weight is 247 g/mol. The minimum Gasteiger partial charge on any atom is -0.488 e. The van der Waals surface area contributed by atoms with E-state index in [4.69, 9.17) is 10.5 Å². The van der Waals surface area contributed by atoms with Crippen molar-refractivity contribution in [3.8, 4) is 5.75 Å². The largest absolute Gasteiger partial charge is 0.488 e. The van der Waals surface area contributed by atoms with E-state index in [1.54, 1.807) is 0 Å². The highest BCUT2D eigenvalue weighted by Gasteiger charge is 2.27. The summed E-state index contributed by atoms with van der Waals surface area (Å²) in [6.07, 6.45) is 5.86. The first kappa shape index (κ1) is 12.0. The van der Waals surface area contributed by atoms with Crippen LogP contribution in [0.5, 0.6) is 5.75 Å². The Bertz CT molecular complexity index is 433. The number of aliphatic hydroxyl groups is 1. The second-order valence-corrected chi connectivity index (χ2v) is 5.51. The lowest BCUT2D eigenvalue weighted by atomic mass is 9.88. The molecule has 0 radical (unpaired) electrons. The van der Waals surface area contributed by atoms with Crippen molar-refractivity contribution in [2.24, 2.45) is 5.73 Å². The maximum Gasteiger partial charge on any atom is 0.124 e. The quantitative estimate of drug-likeness (QED) is 0.843. The van der Waals surface area contributed by atoms with Crippen molar-refractivity contribution in [1.29, 1.82) is 0 Å². The molecule has 3 nitrogen and oxygen atoms in total. The summed E-state index contributed by atoms with van der Waals surface area (Å²) >= 11 is 0. The predicted molar refractivity (Wildman–Crippen MR) is 70.6 cm³/mol. The SMILES string of the molecule is N[C@H]1CCCc2ccc(OC3CCCC3O)cc21. The van der Waals surface area contributed by atoms with Crippen molar-refractivity contribution >= 4 is 0 Å². The Morgan fingerprint density at radius 1 is 1.17 bits per heavy atom. The Morgan fingerprint density at radius 3 is 2.83 bits per heavy atom. The van der Waals surface area contributed by atoms with Crippen LogP contribution in [0.3, 0.4) is 0 Å². The third-order valence-corrected chi connectivity index (χ3v) is 4.18. The van der Waals surface area contributed by atoms with E-state index in [0.717, 1.165) is 37.9 Å². The molecule has 3 heteroatoms. The van der Waals surface area contributed by atoms with Crippen LogP contribution in [0, 0.1) is 0 Å². The van der Waals surface area contributed by atoms with E-state index in [1.165, 1.54) is 17.5 Å². The normalized spacial score (nSPS) is 31.1. The van der Waals surface area contributed by atoms with Crippen LogP contribution in [0.2, 0.25) is 0 Å². The fraction of sp³-hybridized carbons (Fsp3) is 0.600. The van der Waals surface area contributed by atoms with Crippen LogP contribution in [-0.4, -0.2) is 17.3 Å². The summed E-state index contributed by atoms with van der Waals surface area (Å²) in [5.41, 5.74) is 8.73. The maximum atomic E-state index is 9.79. The lowest BCUT2D eigenvalue weighted by Crippen LogP contribution is -2.26. The van der Waals surface area contributed by atoms with Gasteiger partial charge in [0.2, 0.25) is 0 Å². The van der Waals surface area contributed by atoms with Crippen LogP contribution in [0.1, 0.15) is 49.3 Å². The van der Waals surface area contributed by atoms with Gasteiger partial charge in [0.15, 0.2) is 0 Å². The van der Waals surface area contributed by atoms with Crippen molar-refractivity contribution in [2.75, 3.05) is 0 Å². The van der Waals surface area contributed by atoms with E-state index in [-0.39, 0.29) is 18.2 Å². The first-order valence-corrected chi connectivity index (χ1v) is 6.97. The van der Waals surface area contributed by atoms with Crippen LogP contribution in [-0.2, 0) is 6.42 Å². The molecule has 2 aliphatic rings. The molecular weight excluding hydrogens is 226 g/mol. The van der Waals surface area contributed by atoms with Crippen LogP contribution in [0.4, 0.5) is 0 Å². The van der Waals surface area contributed by atoms with E-state index < -0.39 is 0 Å². The number of hydrogen-bond acceptors (Lipinski definition) is 3. The first-order chi connectivity index (χ1) is 8.74. The third-order valence-electron chi connectivity index (χ3n) is 4.18. The molecule has 0 spiro atoms. The van der Waals surface area contributed by atoms with Gasteiger partial charge >= 0.3 is 0 Å². The summed E-state index contributed by atoms with van der Waals surface area (Å²) in [5, 5.41) is 9.79. The first-order valence-electron chi connectivity index (χ1n) is 6.97. The fourth-order valence-electron chi connectivity index (χ4n) is 3.11. The van der Waals surface area contributed by atoms with Gasteiger partial charge in [-0.2, -0.15) is 0 Å². The maximum absolute atomic E-state index is 9.79. The summed E-state index contributed by atoms with van der Waals surface area (Å²) in [4.78, 5) is 0. The highest BCUT2D eigenvalue weighted by Crippen LogP contribution is 2.32. The van der Waals surface area contributed by atoms with Crippen LogP contribution in [0.15, 0.2) is 18.2 Å². The van der Waals surface area contributed by atoms with Gasteiger partial charge in [-0.05, 0) is 61.8 Å². The lowest BCUT2D eigenvalue weighted by molar-refractivity contribution is 0.0603. The van der Waals surface area contributed by atoms with Gasteiger partial charge in [-0.1, -0.05) is 6.07 Å². The molecule has 0 bridgehead atoms. The summed E-state index contributed by atoms with van der Waals surface area (Å²) in [6.45, 7) is 0. The lowest BCUT2D eigenvalue weighted by Gasteiger charge is -2.24. The summed E-state index contributed by atoms with van der Waals surface area (Å²) in [7, 11) is 0. The van der Waals surface area contributed by atoms with E-state index in [9.17, 15) is 5.11 Å². The van der Waals surface area contributed by atoms with Gasteiger partial charge in [0.25, 0.3) is 0 Å². The highest BCUT2D eigenvalue weighted by molar-refractivity contribution is 5.39. The van der Waals surface area contributed by atoms with Gasteiger partial charge in [0, 0.05) is 6.04 Å². The monoisotopic (exact) mass is 247 g/mol. The minimum atomic E-state index is -0.310. The van der Waals surface area contributed by atoms with E-state index >= 15 is 0 Å². The van der Waals surface area contributed by atoms with Crippen LogP contribution >= 0.6 is 0 Å². The third kappa shape index (κ3) is 2.25. The number of nitrogens with two attached hydrogens (primary N) is 1. The molecular formula is C15H21NO2. The number of aliphatic hydroxyl groups excluding tert-OH is 1. The number of ether oxygens (including phenoxy) is 1. The molecule has 1 saturated carbocycles. The Balaban J connectivity index is 1.79. The Kier molecular flexibility index (Phi) is 3.27. The average Bonchev–Trinajstić information content (AvgIpc) is 2.76. The standard InChI is InChI=1S/C15H21NO2/c16-13-4-1-3-10-7-8-11(9-12(10)13)18-15-6-2-5-14(15)17/h7-9,13-15,17H,1-6,16H2/t13-,14?,15?/m0/s1. The molecule has 2 unspecified atom stereocenters. The number of fused-ring (bicyclic) bond motifs is 1. The predicted octanol–water partition coefficient (Wildman–Crippen LogP) is 2.31. The zero-order valence-corrected chi connectivity index (χ0v) is 10.6. The van der Waals surface area contributed by atoms with Crippen molar-refractivity contribution in [3.63, 3.8) is 0 Å². The summed E-state index contributed by atoms with van der Waals surface area (Å²) in [6, 6.07) is 6.36. The molecule has 0 amide bonds. The molecule has 0 saturated heterocycles. The number of benzene rings is 1. The Labute approximate surface area is 108 Å². The molecule has 3 N–H and O–H groups in total. The molecule has 0 aliphatic heterocycles. The van der Waals surface area contributed by atoms with E-state index in [1.807, 2.05) is 6.07 Å². The molecule has 3 atom stereocenters. The molecule has 2 aliphatic carbocycles. The van der Waals surface area contributed by atoms with Crippen LogP contribution in [0.25, 0.3) is 0 Å². The Hall–Kier alpha value is -1.06. The van der Waals surface area contributed by atoms with Gasteiger partial charge in [0.05, 0.1) is 6.10 Å². The van der Waals surface area contributed by atoms with Gasteiger partial charge in [-0.15, -0.1) is 0 Å². The van der Waals surface area contributed by atoms with Gasteiger partial charge in [-0.3, -0.25) is 0 Å². The molecule has 18 heavy (non-hydrogen) atoms. The Morgan fingerprint density at radius 2 is 2.06 bits per heavy atom. The molecule has 0 aromatic heterocycles. The van der Waals surface area contributed by atoms with Gasteiger partial charge in [-0.25, -0.2) is 0 Å². The van der Waals surface area contributed by atoms with Crippen molar-refractivity contribution in [2.45, 2.75) is 56.8 Å². The van der Waals surface area contributed by atoms with Crippen molar-refractivity contribution < 1.29 is 9.84 Å². The smallest absolute Gasteiger partial charge is 0.124 e. The van der Waals surface area contributed by atoms with Gasteiger partial charge < -0.3 is 15.6 Å². The van der Waals surface area contributed by atoms with Crippen molar-refractivity contribution in [1.82, 2.24) is 0 Å². The summed E-state index contributed by atoms with van der Waals surface area (Å²) < 4.78 is 5.90. The van der Waals surface area contributed by atoms with Gasteiger partial charge in [0.1, 0.15) is 11.9 Å². The zero-order chi connectivity index (χ0) is 12.5. The number of hydrogen-bond donors (Lipinski definition) is 2. The number of aryl methyl sites for hydroxylation is 1. The topological polar surface area (TPSA) is 55.5 Å². The molecule has 98 valence electrons. The van der Waals surface area contributed by atoms with E-state index in [0.29, 0.717) is 0 Å². The summed E-state index contributed by atoms with van der Waals surface area (Å²) in [5.74, 6) is 0.858. The highest BCUT2D eigenvalue weighted by atomic mass is 16.5. The number of rotatable bonds is 2. The van der Waals surface area contributed by atoms with Crippen LogP contribution < -0.4 is 10.5 Å². The minimum absolute atomic E-state index is 0.0390. The zero-order valence-electron chi connectivity index (χ0n) is 10.6. The molecule has 3 rings (SSSR count). The van der Waals surface area contributed by atoms with E-state index in [2.05, 4.69) is 12.1 Å².